The van der Waals surface area contributed by atoms with E-state index in [1.54, 1.807) is 12.3 Å². The van der Waals surface area contributed by atoms with Crippen LogP contribution in [0.3, 0.4) is 0 Å². The third-order valence-electron chi connectivity index (χ3n) is 1.56. The largest absolute Gasteiger partial charge is 0.358 e. The first-order chi connectivity index (χ1) is 5.13. The van der Waals surface area contributed by atoms with E-state index in [1.807, 2.05) is 13.8 Å². The molecule has 0 atom stereocenters. The minimum atomic E-state index is -0.394. The maximum Gasteiger partial charge on any atom is 0.324 e. The van der Waals surface area contributed by atoms with Crippen LogP contribution in [-0.2, 0) is 0 Å². The monoisotopic (exact) mass is 154 g/mol. The van der Waals surface area contributed by atoms with Crippen LogP contribution in [0.5, 0.6) is 0 Å². The SMILES string of the molecule is CC(C)c1cc[nH]c1[N+](=O)[O-]. The van der Waals surface area contributed by atoms with Crippen molar-refractivity contribution in [3.05, 3.63) is 27.9 Å². The number of hydrogen-bond acceptors (Lipinski definition) is 2. The molecule has 60 valence electrons. The highest BCUT2D eigenvalue weighted by atomic mass is 16.6. The second-order valence-electron chi connectivity index (χ2n) is 2.69. The zero-order valence-electron chi connectivity index (χ0n) is 6.50. The van der Waals surface area contributed by atoms with Gasteiger partial charge in [-0.1, -0.05) is 13.8 Å². The molecule has 0 bridgehead atoms. The molecule has 0 amide bonds. The van der Waals surface area contributed by atoms with Gasteiger partial charge in [0.25, 0.3) is 0 Å². The maximum atomic E-state index is 10.4. The summed E-state index contributed by atoms with van der Waals surface area (Å²) in [5.41, 5.74) is 0.759. The fraction of sp³-hybridized carbons (Fsp3) is 0.429. The molecule has 0 saturated carbocycles. The van der Waals surface area contributed by atoms with Gasteiger partial charge < -0.3 is 10.1 Å². The molecule has 11 heavy (non-hydrogen) atoms. The smallest absolute Gasteiger partial charge is 0.324 e. The summed E-state index contributed by atoms with van der Waals surface area (Å²) < 4.78 is 0. The van der Waals surface area contributed by atoms with E-state index in [-0.39, 0.29) is 11.7 Å². The van der Waals surface area contributed by atoms with Gasteiger partial charge in [-0.25, -0.2) is 4.98 Å². The van der Waals surface area contributed by atoms with Crippen molar-refractivity contribution < 1.29 is 4.92 Å². The number of aromatic amines is 1. The summed E-state index contributed by atoms with van der Waals surface area (Å²) in [5.74, 6) is 0.307. The van der Waals surface area contributed by atoms with Crippen LogP contribution in [0.1, 0.15) is 25.3 Å². The van der Waals surface area contributed by atoms with Gasteiger partial charge in [-0.15, -0.1) is 0 Å². The van der Waals surface area contributed by atoms with E-state index in [0.29, 0.717) is 0 Å². The Balaban J connectivity index is 3.06. The van der Waals surface area contributed by atoms with Crippen molar-refractivity contribution >= 4 is 5.82 Å². The van der Waals surface area contributed by atoms with Gasteiger partial charge in [0.2, 0.25) is 0 Å². The van der Waals surface area contributed by atoms with E-state index in [2.05, 4.69) is 4.98 Å². The normalized spacial score (nSPS) is 10.5. The molecule has 1 aromatic rings. The molecule has 4 nitrogen and oxygen atoms in total. The van der Waals surface area contributed by atoms with Crippen molar-refractivity contribution in [1.29, 1.82) is 0 Å². The average molecular weight is 154 g/mol. The molecule has 0 spiro atoms. The molecule has 0 aromatic carbocycles. The van der Waals surface area contributed by atoms with Crippen molar-refractivity contribution in [2.45, 2.75) is 19.8 Å². The molecule has 0 radical (unpaired) electrons. The molecule has 0 aliphatic rings. The second kappa shape index (κ2) is 2.74. The van der Waals surface area contributed by atoms with Crippen molar-refractivity contribution in [3.8, 4) is 0 Å². The molecule has 1 aromatic heterocycles. The number of nitrogens with zero attached hydrogens (tertiary/aromatic N) is 1. The second-order valence-corrected chi connectivity index (χ2v) is 2.69. The fourth-order valence-corrected chi connectivity index (χ4v) is 0.997. The Labute approximate surface area is 64.4 Å². The summed E-state index contributed by atoms with van der Waals surface area (Å²) in [6.45, 7) is 3.85. The van der Waals surface area contributed by atoms with Crippen LogP contribution in [0.2, 0.25) is 0 Å². The third kappa shape index (κ3) is 1.39. The van der Waals surface area contributed by atoms with Gasteiger partial charge in [-0.3, -0.25) is 0 Å². The molecule has 0 fully saturated rings. The molecule has 1 N–H and O–H groups in total. The van der Waals surface area contributed by atoms with E-state index in [4.69, 9.17) is 0 Å². The van der Waals surface area contributed by atoms with Crippen molar-refractivity contribution in [2.75, 3.05) is 0 Å². The Bertz CT molecular complexity index is 265. The molecule has 0 aliphatic heterocycles. The van der Waals surface area contributed by atoms with E-state index in [0.717, 1.165) is 5.56 Å². The van der Waals surface area contributed by atoms with Crippen molar-refractivity contribution in [2.24, 2.45) is 0 Å². The van der Waals surface area contributed by atoms with Gasteiger partial charge in [0.15, 0.2) is 0 Å². The van der Waals surface area contributed by atoms with Crippen molar-refractivity contribution in [3.63, 3.8) is 0 Å². The molecular weight excluding hydrogens is 144 g/mol. The number of nitro groups is 1. The van der Waals surface area contributed by atoms with Crippen LogP contribution in [0.15, 0.2) is 12.3 Å². The standard InChI is InChI=1S/C7H10N2O2/c1-5(2)6-3-4-8-7(6)9(10)11/h3-5,8H,1-2H3. The summed E-state index contributed by atoms with van der Waals surface area (Å²) in [5, 5.41) is 10.4. The first-order valence-electron chi connectivity index (χ1n) is 3.44. The first kappa shape index (κ1) is 7.78. The Morgan fingerprint density at radius 1 is 1.64 bits per heavy atom. The van der Waals surface area contributed by atoms with Gasteiger partial charge in [0, 0.05) is 0 Å². The Morgan fingerprint density at radius 2 is 2.27 bits per heavy atom. The number of hydrogen-bond donors (Lipinski definition) is 1. The Hall–Kier alpha value is -1.32. The summed E-state index contributed by atoms with van der Waals surface area (Å²) >= 11 is 0. The van der Waals surface area contributed by atoms with E-state index in [1.165, 1.54) is 0 Å². The van der Waals surface area contributed by atoms with Gasteiger partial charge in [0.05, 0.1) is 11.8 Å². The minimum absolute atomic E-state index is 0.111. The molecule has 0 unspecified atom stereocenters. The zero-order chi connectivity index (χ0) is 8.43. The van der Waals surface area contributed by atoms with E-state index < -0.39 is 4.92 Å². The van der Waals surface area contributed by atoms with Crippen molar-refractivity contribution in [1.82, 2.24) is 4.98 Å². The van der Waals surface area contributed by atoms with Crippen LogP contribution < -0.4 is 0 Å². The molecule has 4 heteroatoms. The average Bonchev–Trinajstić information content (AvgIpc) is 2.32. The van der Waals surface area contributed by atoms with Gasteiger partial charge in [0.1, 0.15) is 0 Å². The lowest BCUT2D eigenvalue weighted by Crippen LogP contribution is -1.94. The highest BCUT2D eigenvalue weighted by molar-refractivity contribution is 5.35. The van der Waals surface area contributed by atoms with E-state index in [9.17, 15) is 10.1 Å². The number of H-pyrrole nitrogens is 1. The molecular formula is C7H10N2O2. The van der Waals surface area contributed by atoms with Crippen LogP contribution in [0.4, 0.5) is 5.82 Å². The number of nitrogens with one attached hydrogen (secondary N) is 1. The molecule has 0 aliphatic carbocycles. The minimum Gasteiger partial charge on any atom is -0.358 e. The lowest BCUT2D eigenvalue weighted by Gasteiger charge is -2.00. The predicted octanol–water partition coefficient (Wildman–Crippen LogP) is 2.05. The summed E-state index contributed by atoms with van der Waals surface area (Å²) in [4.78, 5) is 12.6. The van der Waals surface area contributed by atoms with Crippen LogP contribution in [-0.4, -0.2) is 9.91 Å². The first-order valence-corrected chi connectivity index (χ1v) is 3.44. The Morgan fingerprint density at radius 3 is 2.64 bits per heavy atom. The lowest BCUT2D eigenvalue weighted by molar-refractivity contribution is -0.390. The molecule has 1 rings (SSSR count). The third-order valence-corrected chi connectivity index (χ3v) is 1.56. The Kier molecular flexibility index (Phi) is 1.94. The summed E-state index contributed by atoms with van der Waals surface area (Å²) in [6, 6.07) is 1.74. The summed E-state index contributed by atoms with van der Waals surface area (Å²) in [6.07, 6.45) is 1.59. The quantitative estimate of drug-likeness (QED) is 0.523. The van der Waals surface area contributed by atoms with E-state index >= 15 is 0 Å². The highest BCUT2D eigenvalue weighted by Crippen LogP contribution is 2.23. The van der Waals surface area contributed by atoms with Crippen LogP contribution in [0, 0.1) is 10.1 Å². The van der Waals surface area contributed by atoms with Crippen LogP contribution in [0.25, 0.3) is 0 Å². The number of aromatic nitrogens is 1. The van der Waals surface area contributed by atoms with Gasteiger partial charge in [-0.05, 0) is 16.9 Å². The lowest BCUT2D eigenvalue weighted by atomic mass is 10.1. The fourth-order valence-electron chi connectivity index (χ4n) is 0.997. The maximum absolute atomic E-state index is 10.4. The molecule has 1 heterocycles. The molecule has 0 saturated heterocycles. The highest BCUT2D eigenvalue weighted by Gasteiger charge is 2.15. The predicted molar refractivity (Wildman–Crippen MR) is 41.5 cm³/mol. The zero-order valence-corrected chi connectivity index (χ0v) is 6.50. The number of rotatable bonds is 2. The van der Waals surface area contributed by atoms with Crippen LogP contribution >= 0.6 is 0 Å². The summed E-state index contributed by atoms with van der Waals surface area (Å²) in [7, 11) is 0. The van der Waals surface area contributed by atoms with Gasteiger partial charge >= 0.3 is 5.82 Å². The topological polar surface area (TPSA) is 58.9 Å². The van der Waals surface area contributed by atoms with Gasteiger partial charge in [-0.2, -0.15) is 0 Å².